The Hall–Kier alpha value is -3.70. The number of rotatable bonds is 4. The monoisotopic (exact) mass is 433 g/mol. The molecule has 3 rings (SSSR count). The van der Waals surface area contributed by atoms with E-state index in [2.05, 4.69) is 10.1 Å². The van der Waals surface area contributed by atoms with Gasteiger partial charge in [-0.1, -0.05) is 6.07 Å². The van der Waals surface area contributed by atoms with Crippen LogP contribution in [0.15, 0.2) is 46.9 Å². The quantitative estimate of drug-likeness (QED) is 0.545. The molecule has 158 valence electrons. The zero-order valence-electron chi connectivity index (χ0n) is 14.4. The third-order valence-electron chi connectivity index (χ3n) is 3.76. The molecule has 0 bridgehead atoms. The fraction of sp³-hybridized carbons (Fsp3) is 0.111. The Balaban J connectivity index is 1.89. The van der Waals surface area contributed by atoms with Crippen LogP contribution in [0.25, 0.3) is 11.0 Å². The molecule has 0 fully saturated rings. The molecule has 0 saturated carbocycles. The second-order valence-corrected chi connectivity index (χ2v) is 5.88. The molecule has 0 aliphatic carbocycles. The van der Waals surface area contributed by atoms with Crippen LogP contribution < -0.4 is 10.1 Å². The van der Waals surface area contributed by atoms with Crippen molar-refractivity contribution < 1.29 is 50.2 Å². The summed E-state index contributed by atoms with van der Waals surface area (Å²) in [5.74, 6) is -4.08. The summed E-state index contributed by atoms with van der Waals surface area (Å²) in [6.07, 6.45) is -10.5. The topological polar surface area (TPSA) is 88.8 Å². The fourth-order valence-corrected chi connectivity index (χ4v) is 2.52. The van der Waals surface area contributed by atoms with E-state index in [0.717, 1.165) is 6.07 Å². The van der Waals surface area contributed by atoms with Crippen molar-refractivity contribution in [2.75, 3.05) is 5.32 Å². The number of aromatic carboxylic acids is 1. The maximum atomic E-state index is 13.1. The molecular formula is C18H9F6NO5. The Labute approximate surface area is 162 Å². The van der Waals surface area contributed by atoms with Gasteiger partial charge in [-0.2, -0.15) is 13.2 Å². The first kappa shape index (κ1) is 21.0. The zero-order valence-corrected chi connectivity index (χ0v) is 14.4. The van der Waals surface area contributed by atoms with E-state index >= 15 is 0 Å². The molecule has 1 amide bonds. The number of fused-ring (bicyclic) bond motifs is 1. The van der Waals surface area contributed by atoms with E-state index in [4.69, 9.17) is 9.52 Å². The molecule has 0 aliphatic rings. The summed E-state index contributed by atoms with van der Waals surface area (Å²) in [6, 6.07) is 6.55. The lowest BCUT2D eigenvalue weighted by atomic mass is 10.1. The van der Waals surface area contributed by atoms with Gasteiger partial charge in [0.05, 0.1) is 5.56 Å². The van der Waals surface area contributed by atoms with E-state index in [1.165, 1.54) is 24.3 Å². The Morgan fingerprint density at radius 2 is 1.67 bits per heavy atom. The number of halogens is 6. The van der Waals surface area contributed by atoms with Crippen LogP contribution in [0.3, 0.4) is 0 Å². The van der Waals surface area contributed by atoms with Crippen molar-refractivity contribution in [3.05, 3.63) is 59.4 Å². The minimum Gasteiger partial charge on any atom is -0.475 e. The van der Waals surface area contributed by atoms with Crippen LogP contribution in [0.2, 0.25) is 0 Å². The summed E-state index contributed by atoms with van der Waals surface area (Å²) >= 11 is 0. The number of anilines is 1. The number of amides is 1. The molecule has 30 heavy (non-hydrogen) atoms. The van der Waals surface area contributed by atoms with Gasteiger partial charge < -0.3 is 19.6 Å². The molecule has 12 heteroatoms. The molecule has 2 N–H and O–H groups in total. The molecule has 1 heterocycles. The number of carbonyl (C=O) groups excluding carboxylic acids is 1. The van der Waals surface area contributed by atoms with E-state index in [1.54, 1.807) is 0 Å². The highest BCUT2D eigenvalue weighted by Gasteiger charge is 2.39. The smallest absolute Gasteiger partial charge is 0.475 e. The van der Waals surface area contributed by atoms with Crippen molar-refractivity contribution in [1.29, 1.82) is 0 Å². The maximum Gasteiger partial charge on any atom is 0.573 e. The molecule has 2 aromatic carbocycles. The molecule has 0 unspecified atom stereocenters. The summed E-state index contributed by atoms with van der Waals surface area (Å²) in [7, 11) is 0. The molecule has 3 aromatic rings. The van der Waals surface area contributed by atoms with Crippen LogP contribution in [0.5, 0.6) is 5.75 Å². The summed E-state index contributed by atoms with van der Waals surface area (Å²) < 4.78 is 84.6. The average Bonchev–Trinajstić information content (AvgIpc) is 3.04. The number of alkyl halides is 6. The Morgan fingerprint density at radius 1 is 0.967 bits per heavy atom. The number of carboxylic acids is 1. The van der Waals surface area contributed by atoms with Gasteiger partial charge in [-0.3, -0.25) is 4.79 Å². The van der Waals surface area contributed by atoms with Gasteiger partial charge in [0, 0.05) is 16.6 Å². The highest BCUT2D eigenvalue weighted by molar-refractivity contribution is 6.06. The van der Waals surface area contributed by atoms with Gasteiger partial charge in [-0.15, -0.1) is 13.2 Å². The number of ether oxygens (including phenoxy) is 1. The second-order valence-electron chi connectivity index (χ2n) is 5.88. The SMILES string of the molecule is O=C(Nc1ccc(OC(F)(F)F)c(C(F)(F)F)c1)c1ccc2cc(C(=O)O)oc2c1. The molecule has 0 atom stereocenters. The van der Waals surface area contributed by atoms with Gasteiger partial charge >= 0.3 is 18.5 Å². The summed E-state index contributed by atoms with van der Waals surface area (Å²) in [6.45, 7) is 0. The minimum atomic E-state index is -5.34. The van der Waals surface area contributed by atoms with Crippen LogP contribution in [0, 0.1) is 0 Å². The number of furan rings is 1. The molecule has 0 radical (unpaired) electrons. The summed E-state index contributed by atoms with van der Waals surface area (Å²) in [5.41, 5.74) is -2.21. The van der Waals surface area contributed by atoms with E-state index in [0.29, 0.717) is 17.5 Å². The molecule has 1 aromatic heterocycles. The lowest BCUT2D eigenvalue weighted by molar-refractivity contribution is -0.276. The lowest BCUT2D eigenvalue weighted by Crippen LogP contribution is -2.20. The predicted molar refractivity (Wildman–Crippen MR) is 89.3 cm³/mol. The Bertz CT molecular complexity index is 1130. The lowest BCUT2D eigenvalue weighted by Gasteiger charge is -2.16. The van der Waals surface area contributed by atoms with Crippen molar-refractivity contribution in [3.63, 3.8) is 0 Å². The first-order valence-electron chi connectivity index (χ1n) is 7.89. The largest absolute Gasteiger partial charge is 0.573 e. The van der Waals surface area contributed by atoms with Crippen LogP contribution in [0.4, 0.5) is 32.0 Å². The first-order chi connectivity index (χ1) is 13.8. The second kappa shape index (κ2) is 7.28. The van der Waals surface area contributed by atoms with Gasteiger partial charge in [0.1, 0.15) is 11.3 Å². The zero-order chi connectivity index (χ0) is 22.3. The number of benzene rings is 2. The first-order valence-corrected chi connectivity index (χ1v) is 7.89. The van der Waals surface area contributed by atoms with Gasteiger partial charge in [0.2, 0.25) is 5.76 Å². The van der Waals surface area contributed by atoms with Gasteiger partial charge in [0.15, 0.2) is 0 Å². The van der Waals surface area contributed by atoms with Gasteiger partial charge in [0.25, 0.3) is 5.91 Å². The number of hydrogen-bond acceptors (Lipinski definition) is 4. The number of nitrogens with one attached hydrogen (secondary N) is 1. The van der Waals surface area contributed by atoms with E-state index in [1.807, 2.05) is 0 Å². The van der Waals surface area contributed by atoms with Gasteiger partial charge in [-0.25, -0.2) is 4.79 Å². The fourth-order valence-electron chi connectivity index (χ4n) is 2.52. The Kier molecular flexibility index (Phi) is 5.10. The molecule has 0 saturated heterocycles. The van der Waals surface area contributed by atoms with Crippen LogP contribution in [-0.4, -0.2) is 23.3 Å². The van der Waals surface area contributed by atoms with Crippen molar-refractivity contribution in [1.82, 2.24) is 0 Å². The highest BCUT2D eigenvalue weighted by Crippen LogP contribution is 2.40. The third kappa shape index (κ3) is 4.64. The van der Waals surface area contributed by atoms with Crippen LogP contribution in [-0.2, 0) is 6.18 Å². The predicted octanol–water partition coefficient (Wildman–Crippen LogP) is 5.30. The summed E-state index contributed by atoms with van der Waals surface area (Å²) in [4.78, 5) is 23.2. The summed E-state index contributed by atoms with van der Waals surface area (Å²) in [5, 5.41) is 11.4. The normalized spacial score (nSPS) is 12.1. The van der Waals surface area contributed by atoms with E-state index in [-0.39, 0.29) is 16.9 Å². The molecular weight excluding hydrogens is 424 g/mol. The minimum absolute atomic E-state index is 0.0463. The van der Waals surface area contributed by atoms with Crippen LogP contribution >= 0.6 is 0 Å². The van der Waals surface area contributed by atoms with Crippen molar-refractivity contribution >= 4 is 28.5 Å². The van der Waals surface area contributed by atoms with Crippen molar-refractivity contribution in [2.45, 2.75) is 12.5 Å². The van der Waals surface area contributed by atoms with E-state index in [9.17, 15) is 35.9 Å². The Morgan fingerprint density at radius 3 is 2.27 bits per heavy atom. The highest BCUT2D eigenvalue weighted by atomic mass is 19.4. The van der Waals surface area contributed by atoms with Crippen molar-refractivity contribution in [2.24, 2.45) is 0 Å². The van der Waals surface area contributed by atoms with Gasteiger partial charge in [-0.05, 0) is 36.4 Å². The average molecular weight is 433 g/mol. The molecule has 0 spiro atoms. The molecule has 6 nitrogen and oxygen atoms in total. The maximum absolute atomic E-state index is 13.1. The third-order valence-corrected chi connectivity index (χ3v) is 3.76. The number of carbonyl (C=O) groups is 2. The van der Waals surface area contributed by atoms with E-state index < -0.39 is 41.4 Å². The standard InChI is InChI=1S/C18H9F6NO5/c19-17(20,21)11-7-10(3-4-12(11)30-18(22,23)24)25-15(26)9-2-1-8-5-14(16(27)28)29-13(8)6-9/h1-7H,(H,25,26)(H,27,28). The number of carboxylic acid groups (broad SMARTS) is 1. The number of hydrogen-bond donors (Lipinski definition) is 2. The van der Waals surface area contributed by atoms with Crippen molar-refractivity contribution in [3.8, 4) is 5.75 Å². The van der Waals surface area contributed by atoms with Crippen LogP contribution in [0.1, 0.15) is 26.5 Å². The molecule has 0 aliphatic heterocycles.